The Labute approximate surface area is 263 Å². The second kappa shape index (κ2) is 24.9. The van der Waals surface area contributed by atoms with E-state index in [0.717, 1.165) is 60.7 Å². The number of aromatic amines is 1. The van der Waals surface area contributed by atoms with Crippen molar-refractivity contribution in [2.45, 2.75) is 128 Å². The normalized spacial score (nSPS) is 12.9. The van der Waals surface area contributed by atoms with Crippen molar-refractivity contribution in [3.05, 3.63) is 94.1 Å². The van der Waals surface area contributed by atoms with E-state index >= 15 is 0 Å². The zero-order chi connectivity index (χ0) is 32.7. The fraction of sp³-hybridized carbons (Fsp3) is 0.500. The number of fused-ring (bicyclic) bond motifs is 1. The Kier molecular flexibility index (Phi) is 24.6. The predicted molar refractivity (Wildman–Crippen MR) is 192 cm³/mol. The SMILES string of the molecule is C=C(C)/C=C\N=C(C)CCC.CC.CC.C\C=C/C(=C\C=C(/C)CC)C(C)c1[nH]c2cc(F)c(Cl)cc2c1CCCC. The summed E-state index contributed by atoms with van der Waals surface area (Å²) in [4.78, 5) is 7.72. The summed E-state index contributed by atoms with van der Waals surface area (Å²) in [6.07, 6.45) is 18.8. The lowest BCUT2D eigenvalue weighted by Gasteiger charge is -2.15. The van der Waals surface area contributed by atoms with E-state index in [1.165, 1.54) is 28.5 Å². The molecule has 0 aliphatic heterocycles. The number of unbranched alkanes of at least 4 members (excludes halogenated alkanes) is 1. The molecule has 2 rings (SSSR count). The molecule has 0 aliphatic carbocycles. The summed E-state index contributed by atoms with van der Waals surface area (Å²) in [5, 5.41) is 1.22. The van der Waals surface area contributed by atoms with E-state index in [0.29, 0.717) is 0 Å². The van der Waals surface area contributed by atoms with Crippen molar-refractivity contribution in [2.75, 3.05) is 0 Å². The number of halogens is 2. The van der Waals surface area contributed by atoms with Gasteiger partial charge in [0.25, 0.3) is 0 Å². The molecular formula is C38H60ClFN2. The number of aliphatic imine (C=N–C) groups is 1. The molecule has 1 aromatic carbocycles. The Hall–Kier alpha value is -2.65. The van der Waals surface area contributed by atoms with Crippen LogP contribution in [0.2, 0.25) is 5.02 Å². The summed E-state index contributed by atoms with van der Waals surface area (Å²) in [6.45, 7) is 28.6. The number of hydrogen-bond acceptors (Lipinski definition) is 1. The van der Waals surface area contributed by atoms with E-state index < -0.39 is 0 Å². The molecule has 42 heavy (non-hydrogen) atoms. The largest absolute Gasteiger partial charge is 0.358 e. The van der Waals surface area contributed by atoms with Crippen molar-refractivity contribution in [3.8, 4) is 0 Å². The minimum Gasteiger partial charge on any atom is -0.358 e. The Bertz CT molecular complexity index is 1190. The minimum atomic E-state index is -0.377. The van der Waals surface area contributed by atoms with Crippen molar-refractivity contribution in [1.29, 1.82) is 0 Å². The fourth-order valence-corrected chi connectivity index (χ4v) is 4.20. The number of hydrogen-bond donors (Lipinski definition) is 1. The van der Waals surface area contributed by atoms with Crippen molar-refractivity contribution in [3.63, 3.8) is 0 Å². The molecule has 0 radical (unpaired) electrons. The number of benzene rings is 1. The third kappa shape index (κ3) is 15.5. The predicted octanol–water partition coefficient (Wildman–Crippen LogP) is 13.7. The van der Waals surface area contributed by atoms with Crippen LogP contribution in [0, 0.1) is 5.82 Å². The van der Waals surface area contributed by atoms with E-state index in [4.69, 9.17) is 11.6 Å². The van der Waals surface area contributed by atoms with Crippen LogP contribution in [-0.2, 0) is 6.42 Å². The molecule has 4 heteroatoms. The molecule has 1 unspecified atom stereocenters. The van der Waals surface area contributed by atoms with Crippen LogP contribution in [0.3, 0.4) is 0 Å². The highest BCUT2D eigenvalue weighted by Crippen LogP contribution is 2.35. The van der Waals surface area contributed by atoms with Gasteiger partial charge in [0, 0.05) is 34.4 Å². The van der Waals surface area contributed by atoms with Crippen molar-refractivity contribution < 1.29 is 4.39 Å². The van der Waals surface area contributed by atoms with Crippen LogP contribution in [-0.4, -0.2) is 10.7 Å². The molecule has 0 spiro atoms. The number of aryl methyl sites for hydroxylation is 1. The van der Waals surface area contributed by atoms with E-state index in [1.807, 2.05) is 60.7 Å². The van der Waals surface area contributed by atoms with Crippen LogP contribution >= 0.6 is 11.6 Å². The summed E-state index contributed by atoms with van der Waals surface area (Å²) in [5.41, 5.74) is 8.05. The molecule has 0 fully saturated rings. The lowest BCUT2D eigenvalue weighted by Crippen LogP contribution is -2.01. The van der Waals surface area contributed by atoms with E-state index in [9.17, 15) is 4.39 Å². The molecule has 0 aliphatic rings. The number of aromatic nitrogens is 1. The van der Waals surface area contributed by atoms with Gasteiger partial charge in [0.15, 0.2) is 0 Å². The Morgan fingerprint density at radius 2 is 1.67 bits per heavy atom. The van der Waals surface area contributed by atoms with Gasteiger partial charge in [-0.05, 0) is 82.7 Å². The number of allylic oxidation sites excluding steroid dienone is 8. The van der Waals surface area contributed by atoms with E-state index in [1.54, 1.807) is 6.07 Å². The average molecular weight is 599 g/mol. The van der Waals surface area contributed by atoms with Crippen LogP contribution in [0.5, 0.6) is 0 Å². The van der Waals surface area contributed by atoms with Gasteiger partial charge in [-0.3, -0.25) is 4.99 Å². The molecular weight excluding hydrogens is 539 g/mol. The number of nitrogens with zero attached hydrogens (tertiary/aromatic N) is 1. The molecule has 0 amide bonds. The number of rotatable bonds is 12. The highest BCUT2D eigenvalue weighted by atomic mass is 35.5. The summed E-state index contributed by atoms with van der Waals surface area (Å²) < 4.78 is 14.0. The second-order valence-corrected chi connectivity index (χ2v) is 10.4. The monoisotopic (exact) mass is 598 g/mol. The van der Waals surface area contributed by atoms with Crippen molar-refractivity contribution in [1.82, 2.24) is 4.98 Å². The summed E-state index contributed by atoms with van der Waals surface area (Å²) >= 11 is 6.08. The first-order valence-electron chi connectivity index (χ1n) is 15.9. The fourth-order valence-electron chi connectivity index (χ4n) is 4.04. The van der Waals surface area contributed by atoms with Gasteiger partial charge in [-0.15, -0.1) is 0 Å². The lowest BCUT2D eigenvalue weighted by molar-refractivity contribution is 0.630. The van der Waals surface area contributed by atoms with Gasteiger partial charge in [-0.2, -0.15) is 0 Å². The number of nitrogens with one attached hydrogen (secondary N) is 1. The molecule has 236 valence electrons. The third-order valence-electron chi connectivity index (χ3n) is 6.44. The van der Waals surface area contributed by atoms with Crippen LogP contribution in [0.15, 0.2) is 77.0 Å². The van der Waals surface area contributed by atoms with E-state index in [2.05, 4.69) is 75.5 Å². The maximum absolute atomic E-state index is 14.0. The summed E-state index contributed by atoms with van der Waals surface area (Å²) in [7, 11) is 0. The van der Waals surface area contributed by atoms with Gasteiger partial charge in [0.1, 0.15) is 5.82 Å². The third-order valence-corrected chi connectivity index (χ3v) is 6.73. The Morgan fingerprint density at radius 1 is 1.02 bits per heavy atom. The quantitative estimate of drug-likeness (QED) is 0.186. The molecule has 1 heterocycles. The van der Waals surface area contributed by atoms with Crippen LogP contribution in [0.25, 0.3) is 10.9 Å². The molecule has 0 saturated carbocycles. The Balaban J connectivity index is 0. The number of H-pyrrole nitrogens is 1. The Morgan fingerprint density at radius 3 is 2.19 bits per heavy atom. The summed E-state index contributed by atoms with van der Waals surface area (Å²) in [6, 6.07) is 3.29. The van der Waals surface area contributed by atoms with E-state index in [-0.39, 0.29) is 16.8 Å². The van der Waals surface area contributed by atoms with Gasteiger partial charge >= 0.3 is 0 Å². The maximum Gasteiger partial charge on any atom is 0.143 e. The van der Waals surface area contributed by atoms with Gasteiger partial charge in [-0.25, -0.2) is 4.39 Å². The van der Waals surface area contributed by atoms with Crippen LogP contribution < -0.4 is 0 Å². The van der Waals surface area contributed by atoms with Gasteiger partial charge < -0.3 is 4.98 Å². The molecule has 1 atom stereocenters. The molecule has 0 bridgehead atoms. The zero-order valence-electron chi connectivity index (χ0n) is 28.8. The highest BCUT2D eigenvalue weighted by Gasteiger charge is 2.19. The first-order valence-corrected chi connectivity index (χ1v) is 16.3. The maximum atomic E-state index is 14.0. The summed E-state index contributed by atoms with van der Waals surface area (Å²) in [5.74, 6) is -0.194. The zero-order valence-corrected chi connectivity index (χ0v) is 29.6. The smallest absolute Gasteiger partial charge is 0.143 e. The standard InChI is InChI=1S/C24H31ClFN.C10H17N.2C2H6/c1-6-9-11-19-20-14-21(25)22(26)15-23(20)27-24(19)17(5)18(10-7-2)13-12-16(4)8-3;1-5-6-10(4)11-8-7-9(2)3;2*1-2/h7,10,12-15,17,27H,6,8-9,11H2,1-5H3;7-8H,2,5-6H2,1,3-4H3;2*1-2H3/b10-7-,16-12+,18-13+;8-7-,11-10?;;. The van der Waals surface area contributed by atoms with Crippen LogP contribution in [0.1, 0.15) is 132 Å². The lowest BCUT2D eigenvalue weighted by atomic mass is 9.91. The van der Waals surface area contributed by atoms with Gasteiger partial charge in [0.05, 0.1) is 5.02 Å². The first kappa shape index (κ1) is 41.5. The second-order valence-electron chi connectivity index (χ2n) is 9.96. The molecule has 0 saturated heterocycles. The topological polar surface area (TPSA) is 28.1 Å². The molecule has 2 aromatic rings. The van der Waals surface area contributed by atoms with Crippen molar-refractivity contribution in [2.24, 2.45) is 4.99 Å². The molecule has 1 N–H and O–H groups in total. The highest BCUT2D eigenvalue weighted by molar-refractivity contribution is 6.31. The van der Waals surface area contributed by atoms with Gasteiger partial charge in [0.2, 0.25) is 0 Å². The van der Waals surface area contributed by atoms with Crippen LogP contribution in [0.4, 0.5) is 4.39 Å². The van der Waals surface area contributed by atoms with Gasteiger partial charge in [-0.1, -0.05) is 122 Å². The molecule has 2 nitrogen and oxygen atoms in total. The first-order chi connectivity index (χ1) is 20.1. The van der Waals surface area contributed by atoms with Crippen molar-refractivity contribution >= 4 is 28.2 Å². The minimum absolute atomic E-state index is 0.184. The molecule has 1 aromatic heterocycles. The average Bonchev–Trinajstić information content (AvgIpc) is 3.32.